The summed E-state index contributed by atoms with van der Waals surface area (Å²) >= 11 is 0. The van der Waals surface area contributed by atoms with Crippen molar-refractivity contribution in [3.63, 3.8) is 0 Å². The zero-order chi connectivity index (χ0) is 21.8. The number of rotatable bonds is 8. The molecular formula is C26H36N2O2. The molecule has 0 aromatic carbocycles. The fourth-order valence-corrected chi connectivity index (χ4v) is 4.62. The maximum absolute atomic E-state index is 9.46. The standard InChI is InChI=1S/C26H36N2O2/c1-7-18(11-12-29)20-13-17(5)24-21(15-20)14-19(8-2)25(28-24)22-9-10-23(16(3)4)27-26(22)30-6/h9-10,13-14,16,18,20,29H,7-8,11-12,15H2,1-6H3/t18-,20+/m0/s1. The quantitative estimate of drug-likeness (QED) is 0.598. The molecule has 2 atom stereocenters. The molecule has 30 heavy (non-hydrogen) atoms. The van der Waals surface area contributed by atoms with E-state index < -0.39 is 0 Å². The highest BCUT2D eigenvalue weighted by Crippen LogP contribution is 2.38. The Kier molecular flexibility index (Phi) is 7.30. The first-order chi connectivity index (χ1) is 14.4. The number of hydrogen-bond donors (Lipinski definition) is 1. The molecule has 0 spiro atoms. The zero-order valence-corrected chi connectivity index (χ0v) is 19.3. The van der Waals surface area contributed by atoms with Crippen molar-refractivity contribution < 1.29 is 9.84 Å². The molecule has 3 rings (SSSR count). The average Bonchev–Trinajstić information content (AvgIpc) is 2.75. The maximum atomic E-state index is 9.46. The van der Waals surface area contributed by atoms with E-state index in [0.717, 1.165) is 48.3 Å². The second kappa shape index (κ2) is 9.74. The number of aromatic nitrogens is 2. The summed E-state index contributed by atoms with van der Waals surface area (Å²) < 4.78 is 5.66. The number of aliphatic hydroxyl groups excluding tert-OH is 1. The summed E-state index contributed by atoms with van der Waals surface area (Å²) in [7, 11) is 1.68. The van der Waals surface area contributed by atoms with Gasteiger partial charge in [-0.3, -0.25) is 0 Å². The van der Waals surface area contributed by atoms with E-state index in [4.69, 9.17) is 14.7 Å². The Morgan fingerprint density at radius 1 is 1.17 bits per heavy atom. The lowest BCUT2D eigenvalue weighted by molar-refractivity contribution is 0.230. The van der Waals surface area contributed by atoms with Crippen LogP contribution < -0.4 is 4.74 Å². The molecule has 1 aliphatic carbocycles. The summed E-state index contributed by atoms with van der Waals surface area (Å²) in [5.74, 6) is 1.97. The van der Waals surface area contributed by atoms with Crippen LogP contribution in [0.3, 0.4) is 0 Å². The first kappa shape index (κ1) is 22.5. The van der Waals surface area contributed by atoms with Crippen molar-refractivity contribution in [3.05, 3.63) is 46.8 Å². The van der Waals surface area contributed by atoms with E-state index in [1.807, 2.05) is 0 Å². The fourth-order valence-electron chi connectivity index (χ4n) is 4.62. The zero-order valence-electron chi connectivity index (χ0n) is 19.3. The van der Waals surface area contributed by atoms with Gasteiger partial charge in [0.1, 0.15) is 0 Å². The minimum atomic E-state index is 0.255. The number of aliphatic hydroxyl groups is 1. The number of pyridine rings is 2. The van der Waals surface area contributed by atoms with Gasteiger partial charge in [-0.15, -0.1) is 0 Å². The van der Waals surface area contributed by atoms with Gasteiger partial charge >= 0.3 is 0 Å². The van der Waals surface area contributed by atoms with Crippen molar-refractivity contribution in [2.24, 2.45) is 11.8 Å². The molecule has 0 saturated heterocycles. The van der Waals surface area contributed by atoms with E-state index in [1.54, 1.807) is 7.11 Å². The Morgan fingerprint density at radius 3 is 2.53 bits per heavy atom. The van der Waals surface area contributed by atoms with Gasteiger partial charge in [-0.2, -0.15) is 0 Å². The number of nitrogens with zero attached hydrogens (tertiary/aromatic N) is 2. The number of allylic oxidation sites excluding steroid dienone is 2. The van der Waals surface area contributed by atoms with Gasteiger partial charge in [-0.05, 0) is 72.8 Å². The normalized spacial score (nSPS) is 16.9. The van der Waals surface area contributed by atoms with E-state index in [9.17, 15) is 5.11 Å². The van der Waals surface area contributed by atoms with Crippen LogP contribution in [-0.4, -0.2) is 28.8 Å². The summed E-state index contributed by atoms with van der Waals surface area (Å²) in [6, 6.07) is 6.53. The number of methoxy groups -OCH3 is 1. The van der Waals surface area contributed by atoms with Gasteiger partial charge in [-0.1, -0.05) is 46.3 Å². The maximum Gasteiger partial charge on any atom is 0.222 e. The lowest BCUT2D eigenvalue weighted by Crippen LogP contribution is -2.21. The molecule has 0 bridgehead atoms. The average molecular weight is 409 g/mol. The van der Waals surface area contributed by atoms with Gasteiger partial charge in [-0.25, -0.2) is 9.97 Å². The minimum Gasteiger partial charge on any atom is -0.480 e. The molecule has 1 N–H and O–H groups in total. The molecule has 0 saturated carbocycles. The van der Waals surface area contributed by atoms with Crippen LogP contribution in [-0.2, 0) is 12.8 Å². The lowest BCUT2D eigenvalue weighted by atomic mass is 9.77. The van der Waals surface area contributed by atoms with Crippen LogP contribution in [0.5, 0.6) is 5.88 Å². The molecule has 0 aliphatic heterocycles. The summed E-state index contributed by atoms with van der Waals surface area (Å²) in [5, 5.41) is 9.46. The van der Waals surface area contributed by atoms with Gasteiger partial charge in [0.25, 0.3) is 0 Å². The summed E-state index contributed by atoms with van der Waals surface area (Å²) in [6.07, 6.45) is 6.21. The monoisotopic (exact) mass is 408 g/mol. The molecule has 162 valence electrons. The Balaban J connectivity index is 2.07. The van der Waals surface area contributed by atoms with E-state index in [2.05, 4.69) is 58.9 Å². The summed E-state index contributed by atoms with van der Waals surface area (Å²) in [5.41, 5.74) is 7.84. The van der Waals surface area contributed by atoms with E-state index in [0.29, 0.717) is 23.6 Å². The first-order valence-electron chi connectivity index (χ1n) is 11.3. The van der Waals surface area contributed by atoms with Gasteiger partial charge in [0.2, 0.25) is 5.88 Å². The molecule has 0 unspecified atom stereocenters. The molecule has 2 aromatic heterocycles. The van der Waals surface area contributed by atoms with Gasteiger partial charge in [0.15, 0.2) is 0 Å². The van der Waals surface area contributed by atoms with Gasteiger partial charge < -0.3 is 9.84 Å². The van der Waals surface area contributed by atoms with Crippen LogP contribution in [0.4, 0.5) is 0 Å². The minimum absolute atomic E-state index is 0.255. The molecule has 4 nitrogen and oxygen atoms in total. The van der Waals surface area contributed by atoms with Crippen LogP contribution in [0.25, 0.3) is 16.8 Å². The molecule has 0 amide bonds. The molecule has 0 fully saturated rings. The Bertz CT molecular complexity index is 917. The third-order valence-electron chi connectivity index (χ3n) is 6.41. The third kappa shape index (κ3) is 4.44. The predicted molar refractivity (Wildman–Crippen MR) is 124 cm³/mol. The molecular weight excluding hydrogens is 372 g/mol. The second-order valence-electron chi connectivity index (χ2n) is 8.70. The van der Waals surface area contributed by atoms with Crippen molar-refractivity contribution in [2.75, 3.05) is 13.7 Å². The fraction of sp³-hybridized carbons (Fsp3) is 0.538. The Labute approximate surface area is 181 Å². The van der Waals surface area contributed by atoms with Crippen LogP contribution in [0.1, 0.15) is 75.9 Å². The summed E-state index contributed by atoms with van der Waals surface area (Å²) in [4.78, 5) is 9.89. The topological polar surface area (TPSA) is 55.2 Å². The molecule has 2 aromatic rings. The number of aryl methyl sites for hydroxylation is 1. The van der Waals surface area contributed by atoms with Crippen LogP contribution in [0.15, 0.2) is 24.3 Å². The second-order valence-corrected chi connectivity index (χ2v) is 8.70. The lowest BCUT2D eigenvalue weighted by Gasteiger charge is -2.29. The van der Waals surface area contributed by atoms with Gasteiger partial charge in [0.05, 0.1) is 24.1 Å². The van der Waals surface area contributed by atoms with Crippen LogP contribution in [0, 0.1) is 11.8 Å². The predicted octanol–water partition coefficient (Wildman–Crippen LogP) is 5.82. The highest BCUT2D eigenvalue weighted by molar-refractivity contribution is 5.74. The van der Waals surface area contributed by atoms with E-state index in [1.165, 1.54) is 16.7 Å². The molecule has 1 aliphatic rings. The van der Waals surface area contributed by atoms with Crippen LogP contribution in [0.2, 0.25) is 0 Å². The Hall–Kier alpha value is -2.20. The SMILES string of the molecule is CCc1cc2c(nc1-c1ccc(C(C)C)nc1OC)C(C)=C[C@@H]([C@@H](CC)CCO)C2. The molecule has 0 radical (unpaired) electrons. The van der Waals surface area contributed by atoms with Gasteiger partial charge in [0, 0.05) is 12.3 Å². The number of fused-ring (bicyclic) bond motifs is 1. The number of ether oxygens (including phenoxy) is 1. The Morgan fingerprint density at radius 2 is 1.93 bits per heavy atom. The largest absolute Gasteiger partial charge is 0.480 e. The van der Waals surface area contributed by atoms with Crippen molar-refractivity contribution in [3.8, 4) is 17.1 Å². The smallest absolute Gasteiger partial charge is 0.222 e. The van der Waals surface area contributed by atoms with Crippen molar-refractivity contribution in [1.82, 2.24) is 9.97 Å². The third-order valence-corrected chi connectivity index (χ3v) is 6.41. The van der Waals surface area contributed by atoms with Crippen molar-refractivity contribution in [2.45, 2.75) is 66.2 Å². The molecule has 2 heterocycles. The highest BCUT2D eigenvalue weighted by atomic mass is 16.5. The van der Waals surface area contributed by atoms with Crippen LogP contribution >= 0.6 is 0 Å². The summed E-state index contributed by atoms with van der Waals surface area (Å²) in [6.45, 7) is 11.1. The number of hydrogen-bond acceptors (Lipinski definition) is 4. The first-order valence-corrected chi connectivity index (χ1v) is 11.3. The molecule has 4 heteroatoms. The van der Waals surface area contributed by atoms with E-state index in [-0.39, 0.29) is 6.61 Å². The highest BCUT2D eigenvalue weighted by Gasteiger charge is 2.26. The van der Waals surface area contributed by atoms with Crippen molar-refractivity contribution >= 4 is 5.57 Å². The van der Waals surface area contributed by atoms with Crippen molar-refractivity contribution in [1.29, 1.82) is 0 Å². The van der Waals surface area contributed by atoms with E-state index >= 15 is 0 Å².